The van der Waals surface area contributed by atoms with Gasteiger partial charge in [0.15, 0.2) is 11.6 Å². The van der Waals surface area contributed by atoms with E-state index in [4.69, 9.17) is 14.5 Å². The first-order chi connectivity index (χ1) is 20.3. The maximum Gasteiger partial charge on any atom is 0.308 e. The fourth-order valence-electron chi connectivity index (χ4n) is 7.40. The molecule has 1 unspecified atom stereocenters. The summed E-state index contributed by atoms with van der Waals surface area (Å²) in [5.74, 6) is 0.927. The van der Waals surface area contributed by atoms with Crippen molar-refractivity contribution in [2.24, 2.45) is 16.7 Å². The van der Waals surface area contributed by atoms with Crippen molar-refractivity contribution in [3.05, 3.63) is 64.1 Å². The van der Waals surface area contributed by atoms with Crippen molar-refractivity contribution in [3.63, 3.8) is 0 Å². The van der Waals surface area contributed by atoms with E-state index in [9.17, 15) is 19.5 Å². The number of Topliss-reactive ketones (excluding diaryl/α,β-unsaturated/α-hetero) is 2. The van der Waals surface area contributed by atoms with E-state index in [0.717, 1.165) is 28.2 Å². The number of aromatic nitrogens is 1. The van der Waals surface area contributed by atoms with Gasteiger partial charge in [0.05, 0.1) is 24.6 Å². The first kappa shape index (κ1) is 29.1. The standard InChI is InChI=1S/C35H40N2O6/c1-19-21(22-8-7-9-28(36-22)37-13-12-20(18-37)33(40)41)10-11-25(42-6)29(19)32-30-23(38)14-34(2,3)16-26(30)43-27-17-35(4,5)15-24(39)31(27)32/h7-11,20,32H,12-18H2,1-6H3,(H,40,41). The Balaban J connectivity index is 1.51. The molecule has 6 rings (SSSR count). The van der Waals surface area contributed by atoms with Gasteiger partial charge in [-0.1, -0.05) is 33.8 Å². The minimum absolute atomic E-state index is 0.00873. The van der Waals surface area contributed by atoms with Crippen molar-refractivity contribution in [2.75, 3.05) is 25.1 Å². The van der Waals surface area contributed by atoms with Crippen LogP contribution in [-0.2, 0) is 19.1 Å². The summed E-state index contributed by atoms with van der Waals surface area (Å²) in [6, 6.07) is 9.65. The van der Waals surface area contributed by atoms with Gasteiger partial charge in [-0.05, 0) is 54.0 Å². The van der Waals surface area contributed by atoms with Crippen LogP contribution < -0.4 is 9.64 Å². The summed E-state index contributed by atoms with van der Waals surface area (Å²) in [4.78, 5) is 46.3. The molecule has 226 valence electrons. The molecule has 8 heteroatoms. The number of rotatable bonds is 5. The molecule has 0 radical (unpaired) electrons. The first-order valence-corrected chi connectivity index (χ1v) is 15.1. The SMILES string of the molecule is COc1ccc(-c2cccc(N3CCC(C(=O)O)C3)n2)c(C)c1C1C2=C(CC(C)(C)CC2=O)OC2=C1C(=O)CC(C)(C)C2. The smallest absolute Gasteiger partial charge is 0.308 e. The number of nitrogens with zero attached hydrogens (tertiary/aromatic N) is 2. The monoisotopic (exact) mass is 584 g/mol. The Morgan fingerprint density at radius 2 is 1.60 bits per heavy atom. The molecule has 2 aromatic rings. The highest BCUT2D eigenvalue weighted by Crippen LogP contribution is 2.55. The molecule has 8 nitrogen and oxygen atoms in total. The highest BCUT2D eigenvalue weighted by molar-refractivity contribution is 6.06. The van der Waals surface area contributed by atoms with E-state index >= 15 is 0 Å². The molecule has 3 heterocycles. The van der Waals surface area contributed by atoms with Gasteiger partial charge in [-0.25, -0.2) is 4.98 Å². The van der Waals surface area contributed by atoms with E-state index < -0.39 is 17.8 Å². The van der Waals surface area contributed by atoms with Crippen molar-refractivity contribution in [2.45, 2.75) is 72.6 Å². The lowest BCUT2D eigenvalue weighted by atomic mass is 9.65. The van der Waals surface area contributed by atoms with Gasteiger partial charge >= 0.3 is 5.97 Å². The minimum Gasteiger partial charge on any atom is -0.496 e. The van der Waals surface area contributed by atoms with Crippen LogP contribution in [0.25, 0.3) is 11.3 Å². The number of carboxylic acid groups (broad SMARTS) is 1. The van der Waals surface area contributed by atoms with E-state index in [2.05, 4.69) is 27.7 Å². The number of carboxylic acids is 1. The average molecular weight is 585 g/mol. The Morgan fingerprint density at radius 1 is 0.977 bits per heavy atom. The second-order valence-electron chi connectivity index (χ2n) is 14.1. The maximum atomic E-state index is 13.9. The van der Waals surface area contributed by atoms with Crippen LogP contribution in [0.2, 0.25) is 0 Å². The maximum absolute atomic E-state index is 13.9. The Bertz CT molecular complexity index is 1560. The zero-order valence-electron chi connectivity index (χ0n) is 25.9. The van der Waals surface area contributed by atoms with Crippen LogP contribution in [0.4, 0.5) is 5.82 Å². The van der Waals surface area contributed by atoms with Crippen LogP contribution in [0.5, 0.6) is 5.75 Å². The van der Waals surface area contributed by atoms with E-state index in [0.29, 0.717) is 73.6 Å². The third kappa shape index (κ3) is 5.15. The van der Waals surface area contributed by atoms with Gasteiger partial charge in [0.1, 0.15) is 23.1 Å². The van der Waals surface area contributed by atoms with Gasteiger partial charge in [-0.2, -0.15) is 0 Å². The molecule has 43 heavy (non-hydrogen) atoms. The largest absolute Gasteiger partial charge is 0.496 e. The van der Waals surface area contributed by atoms with Gasteiger partial charge in [0.25, 0.3) is 0 Å². The second kappa shape index (κ2) is 10.4. The van der Waals surface area contributed by atoms with Crippen molar-refractivity contribution < 1.29 is 29.0 Å². The molecule has 1 aromatic heterocycles. The quantitative estimate of drug-likeness (QED) is 0.432. The molecule has 1 fully saturated rings. The van der Waals surface area contributed by atoms with Crippen LogP contribution in [0.15, 0.2) is 53.0 Å². The van der Waals surface area contributed by atoms with Crippen molar-refractivity contribution >= 4 is 23.4 Å². The molecule has 0 amide bonds. The topological polar surface area (TPSA) is 106 Å². The normalized spacial score (nSPS) is 23.2. The fraction of sp³-hybridized carbons (Fsp3) is 0.486. The number of ether oxygens (including phenoxy) is 2. The van der Waals surface area contributed by atoms with Gasteiger partial charge < -0.3 is 19.5 Å². The van der Waals surface area contributed by atoms with E-state index in [-0.39, 0.29) is 22.4 Å². The highest BCUT2D eigenvalue weighted by Gasteiger charge is 2.49. The van der Waals surface area contributed by atoms with E-state index in [1.165, 1.54) is 0 Å². The molecule has 1 N–H and O–H groups in total. The molecular weight excluding hydrogens is 544 g/mol. The lowest BCUT2D eigenvalue weighted by Crippen LogP contribution is -2.38. The lowest BCUT2D eigenvalue weighted by molar-refractivity contribution is -0.141. The number of ketones is 2. The summed E-state index contributed by atoms with van der Waals surface area (Å²) >= 11 is 0. The highest BCUT2D eigenvalue weighted by atomic mass is 16.5. The van der Waals surface area contributed by atoms with Crippen LogP contribution in [0.1, 0.15) is 76.8 Å². The number of hydrogen-bond donors (Lipinski definition) is 1. The third-order valence-electron chi connectivity index (χ3n) is 9.44. The molecule has 0 spiro atoms. The molecular formula is C35H40N2O6. The summed E-state index contributed by atoms with van der Waals surface area (Å²) in [7, 11) is 1.62. The second-order valence-corrected chi connectivity index (χ2v) is 14.1. The molecule has 2 aliphatic heterocycles. The van der Waals surface area contributed by atoms with Crippen molar-refractivity contribution in [1.29, 1.82) is 0 Å². The summed E-state index contributed by atoms with van der Waals surface area (Å²) < 4.78 is 12.4. The molecule has 1 saturated heterocycles. The van der Waals surface area contributed by atoms with Gasteiger partial charge in [-0.15, -0.1) is 0 Å². The molecule has 2 aliphatic carbocycles. The predicted octanol–water partition coefficient (Wildman–Crippen LogP) is 6.38. The van der Waals surface area contributed by atoms with Gasteiger partial charge in [0, 0.05) is 61.0 Å². The summed E-state index contributed by atoms with van der Waals surface area (Å²) in [6.07, 6.45) is 2.58. The van der Waals surface area contributed by atoms with Crippen molar-refractivity contribution in [3.8, 4) is 17.0 Å². The van der Waals surface area contributed by atoms with E-state index in [1.54, 1.807) is 7.11 Å². The summed E-state index contributed by atoms with van der Waals surface area (Å²) in [5.41, 5.74) is 3.94. The summed E-state index contributed by atoms with van der Waals surface area (Å²) in [6.45, 7) is 11.4. The van der Waals surface area contributed by atoms with E-state index in [1.807, 2.05) is 42.2 Å². The van der Waals surface area contributed by atoms with Crippen LogP contribution in [0, 0.1) is 23.7 Å². The molecule has 0 saturated carbocycles. The first-order valence-electron chi connectivity index (χ1n) is 15.1. The number of anilines is 1. The predicted molar refractivity (Wildman–Crippen MR) is 163 cm³/mol. The number of aliphatic carboxylic acids is 1. The zero-order chi connectivity index (χ0) is 30.8. The number of carbonyl (C=O) groups excluding carboxylic acids is 2. The zero-order valence-corrected chi connectivity index (χ0v) is 25.9. The third-order valence-corrected chi connectivity index (χ3v) is 9.44. The number of carbonyl (C=O) groups is 3. The molecule has 0 bridgehead atoms. The number of benzene rings is 1. The Morgan fingerprint density at radius 3 is 2.16 bits per heavy atom. The number of pyridine rings is 1. The fourth-order valence-corrected chi connectivity index (χ4v) is 7.40. The van der Waals surface area contributed by atoms with Crippen molar-refractivity contribution in [1.82, 2.24) is 4.98 Å². The number of allylic oxidation sites excluding steroid dienone is 4. The molecule has 1 aromatic carbocycles. The molecule has 1 atom stereocenters. The minimum atomic E-state index is -0.783. The van der Waals surface area contributed by atoms with Gasteiger partial charge in [-0.3, -0.25) is 14.4 Å². The Kier molecular flexibility index (Phi) is 7.02. The van der Waals surface area contributed by atoms with Crippen LogP contribution in [0.3, 0.4) is 0 Å². The number of methoxy groups -OCH3 is 1. The number of hydrogen-bond acceptors (Lipinski definition) is 7. The molecule has 4 aliphatic rings. The van der Waals surface area contributed by atoms with Crippen LogP contribution in [-0.4, -0.2) is 47.8 Å². The average Bonchev–Trinajstić information content (AvgIpc) is 3.41. The lowest BCUT2D eigenvalue weighted by Gasteiger charge is -2.43. The van der Waals surface area contributed by atoms with Gasteiger partial charge in [0.2, 0.25) is 0 Å². The van der Waals surface area contributed by atoms with Crippen LogP contribution >= 0.6 is 0 Å². The summed E-state index contributed by atoms with van der Waals surface area (Å²) in [5, 5.41) is 9.49. The Labute approximate surface area is 252 Å². The Hall–Kier alpha value is -3.94.